The molecule has 2 rings (SSSR count). The monoisotopic (exact) mass is 228 g/mol. The zero-order valence-corrected chi connectivity index (χ0v) is 9.32. The van der Waals surface area contributed by atoms with Gasteiger partial charge >= 0.3 is 0 Å². The molecule has 6 heteroatoms. The van der Waals surface area contributed by atoms with Crippen molar-refractivity contribution in [2.24, 2.45) is 0 Å². The molecule has 2 aromatic heterocycles. The predicted octanol–water partition coefficient (Wildman–Crippen LogP) is 1.40. The molecule has 2 aromatic rings. The SMILES string of the molecule is Cc1ncnc2cc(S(C)(=O)=O)sc12. The molecule has 4 nitrogen and oxygen atoms in total. The van der Waals surface area contributed by atoms with Crippen molar-refractivity contribution in [3.8, 4) is 0 Å². The van der Waals surface area contributed by atoms with Crippen LogP contribution in [-0.2, 0) is 9.84 Å². The van der Waals surface area contributed by atoms with Gasteiger partial charge in [0.25, 0.3) is 0 Å². The lowest BCUT2D eigenvalue weighted by Gasteiger charge is -1.90. The van der Waals surface area contributed by atoms with Gasteiger partial charge in [-0.3, -0.25) is 0 Å². The number of hydrogen-bond acceptors (Lipinski definition) is 5. The zero-order chi connectivity index (χ0) is 10.3. The van der Waals surface area contributed by atoms with Gasteiger partial charge in [-0.25, -0.2) is 18.4 Å². The van der Waals surface area contributed by atoms with Crippen molar-refractivity contribution < 1.29 is 8.42 Å². The van der Waals surface area contributed by atoms with Crippen LogP contribution in [0.1, 0.15) is 5.69 Å². The Morgan fingerprint density at radius 3 is 2.64 bits per heavy atom. The molecule has 0 atom stereocenters. The van der Waals surface area contributed by atoms with Gasteiger partial charge in [0, 0.05) is 6.26 Å². The van der Waals surface area contributed by atoms with E-state index in [0.717, 1.165) is 10.4 Å². The largest absolute Gasteiger partial charge is 0.240 e. The third-order valence-electron chi connectivity index (χ3n) is 1.83. The summed E-state index contributed by atoms with van der Waals surface area (Å²) in [7, 11) is -3.13. The first kappa shape index (κ1) is 9.54. The van der Waals surface area contributed by atoms with Gasteiger partial charge in [-0.05, 0) is 13.0 Å². The van der Waals surface area contributed by atoms with Crippen molar-refractivity contribution in [1.82, 2.24) is 9.97 Å². The Morgan fingerprint density at radius 1 is 1.36 bits per heavy atom. The number of hydrogen-bond donors (Lipinski definition) is 0. The molecule has 0 spiro atoms. The van der Waals surface area contributed by atoms with E-state index in [1.165, 1.54) is 23.9 Å². The zero-order valence-electron chi connectivity index (χ0n) is 7.68. The van der Waals surface area contributed by atoms with E-state index in [9.17, 15) is 8.42 Å². The molecule has 0 amide bonds. The standard InChI is InChI=1S/C8H8N2O2S2/c1-5-8-6(10-4-9-5)3-7(13-8)14(2,11)12/h3-4H,1-2H3. The van der Waals surface area contributed by atoms with Crippen LogP contribution in [0.2, 0.25) is 0 Å². The lowest BCUT2D eigenvalue weighted by atomic mass is 10.4. The van der Waals surface area contributed by atoms with Crippen LogP contribution in [0.3, 0.4) is 0 Å². The van der Waals surface area contributed by atoms with Crippen molar-refractivity contribution in [2.45, 2.75) is 11.1 Å². The third-order valence-corrected chi connectivity index (χ3v) is 4.87. The first-order chi connectivity index (χ1) is 6.48. The fourth-order valence-electron chi connectivity index (χ4n) is 1.13. The molecule has 2 heterocycles. The second-order valence-corrected chi connectivity index (χ2v) is 6.31. The van der Waals surface area contributed by atoms with Gasteiger partial charge in [-0.2, -0.15) is 0 Å². The Bertz CT molecular complexity index is 586. The summed E-state index contributed by atoms with van der Waals surface area (Å²) in [5.74, 6) is 0. The Morgan fingerprint density at radius 2 is 2.07 bits per heavy atom. The van der Waals surface area contributed by atoms with E-state index in [-0.39, 0.29) is 0 Å². The summed E-state index contributed by atoms with van der Waals surface area (Å²) in [6.45, 7) is 1.84. The summed E-state index contributed by atoms with van der Waals surface area (Å²) in [6, 6.07) is 1.59. The van der Waals surface area contributed by atoms with Gasteiger partial charge in [0.2, 0.25) is 0 Å². The van der Waals surface area contributed by atoms with Crippen molar-refractivity contribution in [1.29, 1.82) is 0 Å². The van der Waals surface area contributed by atoms with Gasteiger partial charge in [-0.15, -0.1) is 11.3 Å². The van der Waals surface area contributed by atoms with Crippen molar-refractivity contribution in [3.63, 3.8) is 0 Å². The van der Waals surface area contributed by atoms with Crippen LogP contribution in [0.4, 0.5) is 0 Å². The van der Waals surface area contributed by atoms with Crippen LogP contribution in [0.15, 0.2) is 16.6 Å². The first-order valence-corrected chi connectivity index (χ1v) is 6.60. The number of fused-ring (bicyclic) bond motifs is 1. The molecule has 0 aliphatic carbocycles. The van der Waals surface area contributed by atoms with Crippen LogP contribution < -0.4 is 0 Å². The molecule has 0 aliphatic rings. The number of aromatic nitrogens is 2. The molecule has 0 aliphatic heterocycles. The first-order valence-electron chi connectivity index (χ1n) is 3.89. The summed E-state index contributed by atoms with van der Waals surface area (Å²) >= 11 is 1.22. The van der Waals surface area contributed by atoms with Gasteiger partial charge in [0.05, 0.1) is 15.9 Å². The Balaban J connectivity index is 2.81. The van der Waals surface area contributed by atoms with E-state index in [1.54, 1.807) is 6.07 Å². The van der Waals surface area contributed by atoms with Crippen molar-refractivity contribution >= 4 is 31.4 Å². The smallest absolute Gasteiger partial charge is 0.184 e. The average Bonchev–Trinajstić information content (AvgIpc) is 2.48. The molecule has 0 aromatic carbocycles. The number of rotatable bonds is 1. The minimum absolute atomic E-state index is 0.344. The molecule has 0 radical (unpaired) electrons. The summed E-state index contributed by atoms with van der Waals surface area (Å²) < 4.78 is 23.7. The summed E-state index contributed by atoms with van der Waals surface area (Å²) in [4.78, 5) is 8.02. The quantitative estimate of drug-likeness (QED) is 0.740. The molecule has 0 saturated heterocycles. The van der Waals surface area contributed by atoms with E-state index in [1.807, 2.05) is 6.92 Å². The lowest BCUT2D eigenvalue weighted by Crippen LogP contribution is -1.91. The van der Waals surface area contributed by atoms with Crippen LogP contribution in [0.25, 0.3) is 10.2 Å². The predicted molar refractivity (Wildman–Crippen MR) is 55.3 cm³/mol. The molecule has 0 unspecified atom stereocenters. The second kappa shape index (κ2) is 2.99. The maximum atomic E-state index is 11.3. The number of thiophene rings is 1. The van der Waals surface area contributed by atoms with Crippen LogP contribution in [-0.4, -0.2) is 24.6 Å². The summed E-state index contributed by atoms with van der Waals surface area (Å²) in [5, 5.41) is 0. The van der Waals surface area contributed by atoms with Crippen molar-refractivity contribution in [3.05, 3.63) is 18.1 Å². The maximum absolute atomic E-state index is 11.3. The molecule has 0 bridgehead atoms. The number of sulfone groups is 1. The van der Waals surface area contributed by atoms with E-state index in [4.69, 9.17) is 0 Å². The maximum Gasteiger partial charge on any atom is 0.184 e. The van der Waals surface area contributed by atoms with Crippen LogP contribution in [0, 0.1) is 6.92 Å². The highest BCUT2D eigenvalue weighted by atomic mass is 32.2. The van der Waals surface area contributed by atoms with Gasteiger partial charge < -0.3 is 0 Å². The minimum Gasteiger partial charge on any atom is -0.240 e. The summed E-state index contributed by atoms with van der Waals surface area (Å²) in [6.07, 6.45) is 2.64. The number of nitrogens with zero attached hydrogens (tertiary/aromatic N) is 2. The molecule has 0 N–H and O–H groups in total. The van der Waals surface area contributed by atoms with Crippen LogP contribution >= 0.6 is 11.3 Å². The van der Waals surface area contributed by atoms with E-state index in [2.05, 4.69) is 9.97 Å². The minimum atomic E-state index is -3.13. The fourth-order valence-corrected chi connectivity index (χ4v) is 3.10. The molecular weight excluding hydrogens is 220 g/mol. The summed E-state index contributed by atoms with van der Waals surface area (Å²) in [5.41, 5.74) is 1.51. The topological polar surface area (TPSA) is 59.9 Å². The molecule has 14 heavy (non-hydrogen) atoms. The van der Waals surface area contributed by atoms with Crippen LogP contribution in [0.5, 0.6) is 0 Å². The Hall–Kier alpha value is -1.01. The third kappa shape index (κ3) is 1.51. The molecular formula is C8H8N2O2S2. The van der Waals surface area contributed by atoms with Gasteiger partial charge in [0.15, 0.2) is 9.84 Å². The highest BCUT2D eigenvalue weighted by Crippen LogP contribution is 2.28. The van der Waals surface area contributed by atoms with E-state index >= 15 is 0 Å². The van der Waals surface area contributed by atoms with Gasteiger partial charge in [-0.1, -0.05) is 0 Å². The highest BCUT2D eigenvalue weighted by Gasteiger charge is 2.13. The number of aryl methyl sites for hydroxylation is 1. The lowest BCUT2D eigenvalue weighted by molar-refractivity contribution is 0.604. The molecule has 0 saturated carbocycles. The average molecular weight is 228 g/mol. The van der Waals surface area contributed by atoms with Gasteiger partial charge in [0.1, 0.15) is 10.5 Å². The fraction of sp³-hybridized carbons (Fsp3) is 0.250. The highest BCUT2D eigenvalue weighted by molar-refractivity contribution is 7.92. The Labute approximate surface area is 85.5 Å². The molecule has 0 fully saturated rings. The van der Waals surface area contributed by atoms with E-state index in [0.29, 0.717) is 9.73 Å². The molecule has 74 valence electrons. The Kier molecular flexibility index (Phi) is 2.04. The second-order valence-electron chi connectivity index (χ2n) is 3.01. The van der Waals surface area contributed by atoms with Crippen molar-refractivity contribution in [2.75, 3.05) is 6.26 Å². The van der Waals surface area contributed by atoms with E-state index < -0.39 is 9.84 Å². The normalized spacial score (nSPS) is 12.1.